The molecule has 0 atom stereocenters. The number of hydrogen-bond acceptors (Lipinski definition) is 8. The summed E-state index contributed by atoms with van der Waals surface area (Å²) in [4.78, 5) is 13.6. The number of aryl methyl sites for hydroxylation is 1. The Morgan fingerprint density at radius 2 is 1.95 bits per heavy atom. The van der Waals surface area contributed by atoms with Crippen molar-refractivity contribution in [1.29, 1.82) is 0 Å². The Morgan fingerprint density at radius 3 is 2.59 bits per heavy atom. The van der Waals surface area contributed by atoms with Crippen molar-refractivity contribution in [3.8, 4) is 0 Å². The van der Waals surface area contributed by atoms with Crippen LogP contribution in [0.25, 0.3) is 11.3 Å². The van der Waals surface area contributed by atoms with Gasteiger partial charge >= 0.3 is 0 Å². The first kappa shape index (κ1) is 28.0. The van der Waals surface area contributed by atoms with Gasteiger partial charge in [0.1, 0.15) is 17.3 Å². The maximum Gasteiger partial charge on any atom is 0.153 e. The van der Waals surface area contributed by atoms with Crippen molar-refractivity contribution in [2.75, 3.05) is 24.2 Å². The average Bonchev–Trinajstić information content (AvgIpc) is 2.91. The normalized spacial score (nSPS) is 12.0. The maximum atomic E-state index is 14.1. The van der Waals surface area contributed by atoms with Crippen molar-refractivity contribution in [3.05, 3.63) is 95.1 Å². The molecule has 0 saturated heterocycles. The Bertz CT molecular complexity index is 1290. The molecule has 2 aromatic carbocycles. The molecule has 9 heteroatoms. The Balaban J connectivity index is 1.74. The van der Waals surface area contributed by atoms with Gasteiger partial charge in [0, 0.05) is 24.4 Å². The summed E-state index contributed by atoms with van der Waals surface area (Å²) >= 11 is 3.77. The lowest BCUT2D eigenvalue weighted by molar-refractivity contribution is 0.375. The van der Waals surface area contributed by atoms with Crippen LogP contribution in [0.3, 0.4) is 0 Å². The van der Waals surface area contributed by atoms with Crippen LogP contribution in [0.5, 0.6) is 0 Å². The molecule has 0 fully saturated rings. The lowest BCUT2D eigenvalue weighted by Gasteiger charge is -2.14. The van der Waals surface area contributed by atoms with Crippen molar-refractivity contribution in [2.24, 2.45) is 10.7 Å². The number of anilines is 2. The molecule has 0 radical (unpaired) electrons. The first-order chi connectivity index (χ1) is 17.9. The van der Waals surface area contributed by atoms with Gasteiger partial charge in [-0.1, -0.05) is 49.1 Å². The smallest absolute Gasteiger partial charge is 0.153 e. The molecule has 0 aliphatic carbocycles. The number of nitrogens with zero attached hydrogens (tertiary/aromatic N) is 3. The number of aromatic nitrogens is 2. The molecule has 0 saturated carbocycles. The van der Waals surface area contributed by atoms with Crippen LogP contribution in [-0.2, 0) is 10.7 Å². The van der Waals surface area contributed by atoms with Gasteiger partial charge in [0.05, 0.1) is 18.5 Å². The number of hydrogen-bond donors (Lipinski definition) is 4. The molecule has 3 aromatic rings. The van der Waals surface area contributed by atoms with E-state index in [0.29, 0.717) is 47.9 Å². The molecule has 5 N–H and O–H groups in total. The van der Waals surface area contributed by atoms with Crippen LogP contribution in [0, 0.1) is 12.7 Å². The van der Waals surface area contributed by atoms with E-state index >= 15 is 0 Å². The zero-order chi connectivity index (χ0) is 26.8. The van der Waals surface area contributed by atoms with Gasteiger partial charge in [-0.3, -0.25) is 4.99 Å². The number of thiol groups is 1. The lowest BCUT2D eigenvalue weighted by atomic mass is 10.0. The SMILES string of the molecule is C=C(c1ccc(C)c(F)c1)c1nc(N)cnc1NCc1ccc(C(=C/C)/N=C(\CN)CCCOS)cc1. The zero-order valence-electron chi connectivity index (χ0n) is 21.2. The van der Waals surface area contributed by atoms with Gasteiger partial charge in [-0.15, -0.1) is 0 Å². The van der Waals surface area contributed by atoms with E-state index in [2.05, 4.69) is 34.8 Å². The average molecular weight is 521 g/mol. The molecular weight excluding hydrogens is 487 g/mol. The van der Waals surface area contributed by atoms with Crippen LogP contribution >= 0.6 is 12.9 Å². The third kappa shape index (κ3) is 7.72. The highest BCUT2D eigenvalue weighted by Gasteiger charge is 2.14. The van der Waals surface area contributed by atoms with Crippen molar-refractivity contribution in [1.82, 2.24) is 9.97 Å². The minimum atomic E-state index is -0.305. The summed E-state index contributed by atoms with van der Waals surface area (Å²) in [7, 11) is 0. The van der Waals surface area contributed by atoms with Crippen molar-refractivity contribution in [2.45, 2.75) is 33.2 Å². The highest BCUT2D eigenvalue weighted by atomic mass is 32.1. The van der Waals surface area contributed by atoms with Gasteiger partial charge in [-0.2, -0.15) is 0 Å². The predicted octanol–water partition coefficient (Wildman–Crippen LogP) is 5.58. The number of nitrogens with one attached hydrogen (secondary N) is 1. The van der Waals surface area contributed by atoms with Crippen LogP contribution in [0.4, 0.5) is 16.0 Å². The third-order valence-corrected chi connectivity index (χ3v) is 5.98. The van der Waals surface area contributed by atoms with Gasteiger partial charge in [0.15, 0.2) is 5.82 Å². The number of benzene rings is 2. The van der Waals surface area contributed by atoms with Crippen LogP contribution in [0.15, 0.2) is 66.3 Å². The van der Waals surface area contributed by atoms with Crippen LogP contribution in [0.1, 0.15) is 47.7 Å². The summed E-state index contributed by atoms with van der Waals surface area (Å²) in [5.41, 5.74) is 17.7. The van der Waals surface area contributed by atoms with E-state index in [9.17, 15) is 4.39 Å². The fourth-order valence-corrected chi connectivity index (χ4v) is 3.78. The second kappa shape index (κ2) is 13.7. The molecule has 0 unspecified atom stereocenters. The fraction of sp³-hybridized carbons (Fsp3) is 0.250. The third-order valence-electron chi connectivity index (χ3n) is 5.80. The van der Waals surface area contributed by atoms with E-state index < -0.39 is 0 Å². The Labute approximate surface area is 223 Å². The Kier molecular flexibility index (Phi) is 10.4. The molecule has 0 amide bonds. The van der Waals surface area contributed by atoms with Gasteiger partial charge < -0.3 is 21.0 Å². The molecular formula is C28H33FN6OS. The standard InChI is InChI=1S/C28H33FN6OS/c1-4-25(34-23(15-30)6-5-13-36-37)21-11-8-20(9-12-21)16-32-28-27(35-26(31)17-33-28)19(3)22-10-7-18(2)24(29)14-22/h4,7-12,14,17,37H,3,5-6,13,15-16,30H2,1-2H3,(H2,31,35)(H,32,33)/b25-4-,34-23-. The van der Waals surface area contributed by atoms with Gasteiger partial charge in [-0.25, -0.2) is 14.4 Å². The second-order valence-corrected chi connectivity index (χ2v) is 8.74. The van der Waals surface area contributed by atoms with Gasteiger partial charge in [-0.05, 0) is 67.9 Å². The van der Waals surface area contributed by atoms with Crippen LogP contribution in [0.2, 0.25) is 0 Å². The summed E-state index contributed by atoms with van der Waals surface area (Å²) in [6.45, 7) is 9.20. The molecule has 3 rings (SSSR count). The fourth-order valence-electron chi connectivity index (χ4n) is 3.65. The van der Waals surface area contributed by atoms with Crippen LogP contribution < -0.4 is 16.8 Å². The summed E-state index contributed by atoms with van der Waals surface area (Å²) < 4.78 is 19.0. The first-order valence-corrected chi connectivity index (χ1v) is 12.3. The first-order valence-electron chi connectivity index (χ1n) is 12.0. The monoisotopic (exact) mass is 520 g/mol. The highest BCUT2D eigenvalue weighted by molar-refractivity contribution is 7.75. The van der Waals surface area contributed by atoms with Crippen molar-refractivity contribution < 1.29 is 8.57 Å². The van der Waals surface area contributed by atoms with E-state index in [4.69, 9.17) is 20.6 Å². The van der Waals surface area contributed by atoms with Gasteiger partial charge in [0.25, 0.3) is 0 Å². The number of nitrogens with two attached hydrogens (primary N) is 2. The van der Waals surface area contributed by atoms with Crippen molar-refractivity contribution in [3.63, 3.8) is 0 Å². The minimum Gasteiger partial charge on any atom is -0.382 e. The Hall–Kier alpha value is -3.53. The number of nitrogen functional groups attached to an aromatic ring is 1. The number of rotatable bonds is 12. The second-order valence-electron chi connectivity index (χ2n) is 8.48. The molecule has 7 nitrogen and oxygen atoms in total. The number of aliphatic imine (C=N–C) groups is 1. The molecule has 1 aromatic heterocycles. The van der Waals surface area contributed by atoms with Crippen LogP contribution in [-0.4, -0.2) is 28.8 Å². The zero-order valence-corrected chi connectivity index (χ0v) is 22.1. The number of halogens is 1. The largest absolute Gasteiger partial charge is 0.382 e. The van der Waals surface area contributed by atoms with E-state index in [1.54, 1.807) is 19.1 Å². The summed E-state index contributed by atoms with van der Waals surface area (Å²) in [5, 5.41) is 3.31. The molecule has 1 heterocycles. The van der Waals surface area contributed by atoms with Crippen molar-refractivity contribution >= 4 is 41.5 Å². The molecule has 0 spiro atoms. The maximum absolute atomic E-state index is 14.1. The quantitative estimate of drug-likeness (QED) is 0.107. The van der Waals surface area contributed by atoms with E-state index in [1.165, 1.54) is 12.3 Å². The number of allylic oxidation sites excluding steroid dienone is 1. The molecule has 0 aliphatic rings. The topological polar surface area (TPSA) is 111 Å². The summed E-state index contributed by atoms with van der Waals surface area (Å²) in [6.07, 6.45) is 5.00. The van der Waals surface area contributed by atoms with E-state index in [1.807, 2.05) is 37.3 Å². The summed E-state index contributed by atoms with van der Waals surface area (Å²) in [5.74, 6) is 0.467. The molecule has 37 heavy (non-hydrogen) atoms. The van der Waals surface area contributed by atoms with Gasteiger partial charge in [0.2, 0.25) is 0 Å². The predicted molar refractivity (Wildman–Crippen MR) is 154 cm³/mol. The van der Waals surface area contributed by atoms with E-state index in [-0.39, 0.29) is 11.6 Å². The summed E-state index contributed by atoms with van der Waals surface area (Å²) in [6, 6.07) is 13.0. The molecule has 194 valence electrons. The lowest BCUT2D eigenvalue weighted by Crippen LogP contribution is -2.14. The Morgan fingerprint density at radius 1 is 1.22 bits per heavy atom. The molecule has 0 aliphatic heterocycles. The minimum absolute atomic E-state index is 0.257. The molecule has 0 bridgehead atoms. The van der Waals surface area contributed by atoms with E-state index in [0.717, 1.165) is 35.4 Å². The highest BCUT2D eigenvalue weighted by Crippen LogP contribution is 2.27.